The Morgan fingerprint density at radius 3 is 2.76 bits per heavy atom. The number of nitrogens with one attached hydrogen (secondary N) is 1. The van der Waals surface area contributed by atoms with Crippen LogP contribution in [0.3, 0.4) is 0 Å². The van der Waals surface area contributed by atoms with Crippen molar-refractivity contribution in [2.75, 3.05) is 5.32 Å². The second kappa shape index (κ2) is 6.56. The molecule has 0 amide bonds. The number of hydrogen-bond donors (Lipinski definition) is 2. The molecule has 6 nitrogen and oxygen atoms in total. The van der Waals surface area contributed by atoms with E-state index in [1.165, 1.54) is 24.6 Å². The Kier molecular flexibility index (Phi) is 4.77. The summed E-state index contributed by atoms with van der Waals surface area (Å²) in [5.41, 5.74) is 0.332. The van der Waals surface area contributed by atoms with Gasteiger partial charge in [0.15, 0.2) is 0 Å². The standard InChI is InChI=1S/C15H20N2O4/c1-10-3-2-4-11(6-5-10)16-14-9-12(17(20)21)7-8-13(14)15(18)19/h7-11,16H,2-6H2,1H3,(H,18,19). The van der Waals surface area contributed by atoms with Crippen LogP contribution < -0.4 is 5.32 Å². The zero-order valence-corrected chi connectivity index (χ0v) is 12.0. The molecule has 1 aromatic rings. The van der Waals surface area contributed by atoms with Gasteiger partial charge in [-0.15, -0.1) is 0 Å². The third-order valence-electron chi connectivity index (χ3n) is 4.06. The number of rotatable bonds is 4. The fourth-order valence-corrected chi connectivity index (χ4v) is 2.80. The zero-order chi connectivity index (χ0) is 15.4. The molecular weight excluding hydrogens is 272 g/mol. The number of nitrogens with zero attached hydrogens (tertiary/aromatic N) is 1. The molecule has 1 aliphatic carbocycles. The first kappa shape index (κ1) is 15.3. The number of carboxylic acids is 1. The second-order valence-corrected chi connectivity index (χ2v) is 5.75. The Morgan fingerprint density at radius 2 is 2.10 bits per heavy atom. The van der Waals surface area contributed by atoms with Crippen LogP contribution in [0, 0.1) is 16.0 Å². The number of non-ortho nitro benzene ring substituents is 1. The lowest BCUT2D eigenvalue weighted by Crippen LogP contribution is -2.20. The van der Waals surface area contributed by atoms with Gasteiger partial charge in [0.1, 0.15) is 0 Å². The van der Waals surface area contributed by atoms with Crippen molar-refractivity contribution in [2.24, 2.45) is 5.92 Å². The van der Waals surface area contributed by atoms with Gasteiger partial charge in [-0.2, -0.15) is 0 Å². The van der Waals surface area contributed by atoms with E-state index in [1.807, 2.05) is 0 Å². The van der Waals surface area contributed by atoms with Crippen LogP contribution in [0.2, 0.25) is 0 Å². The minimum atomic E-state index is -1.07. The fraction of sp³-hybridized carbons (Fsp3) is 0.533. The highest BCUT2D eigenvalue weighted by Gasteiger charge is 2.20. The molecule has 0 saturated heterocycles. The fourth-order valence-electron chi connectivity index (χ4n) is 2.80. The van der Waals surface area contributed by atoms with Gasteiger partial charge in [-0.3, -0.25) is 10.1 Å². The van der Waals surface area contributed by atoms with E-state index in [0.717, 1.165) is 25.7 Å². The molecule has 2 unspecified atom stereocenters. The maximum Gasteiger partial charge on any atom is 0.337 e. The van der Waals surface area contributed by atoms with Crippen LogP contribution >= 0.6 is 0 Å². The predicted octanol–water partition coefficient (Wildman–Crippen LogP) is 3.67. The lowest BCUT2D eigenvalue weighted by molar-refractivity contribution is -0.384. The van der Waals surface area contributed by atoms with Crippen LogP contribution in [0.4, 0.5) is 11.4 Å². The molecule has 2 atom stereocenters. The Balaban J connectivity index is 2.22. The molecule has 21 heavy (non-hydrogen) atoms. The van der Waals surface area contributed by atoms with E-state index < -0.39 is 10.9 Å². The number of nitro benzene ring substituents is 1. The molecule has 114 valence electrons. The summed E-state index contributed by atoms with van der Waals surface area (Å²) in [4.78, 5) is 21.6. The molecule has 6 heteroatoms. The Hall–Kier alpha value is -2.11. The second-order valence-electron chi connectivity index (χ2n) is 5.75. The van der Waals surface area contributed by atoms with Crippen molar-refractivity contribution in [3.05, 3.63) is 33.9 Å². The highest BCUT2D eigenvalue weighted by Crippen LogP contribution is 2.28. The third kappa shape index (κ3) is 3.93. The monoisotopic (exact) mass is 292 g/mol. The molecule has 1 saturated carbocycles. The summed E-state index contributed by atoms with van der Waals surface area (Å²) < 4.78 is 0. The van der Waals surface area contributed by atoms with Gasteiger partial charge in [-0.25, -0.2) is 4.79 Å². The molecule has 1 aromatic carbocycles. The smallest absolute Gasteiger partial charge is 0.337 e. The molecule has 2 rings (SSSR count). The van der Waals surface area contributed by atoms with E-state index in [4.69, 9.17) is 0 Å². The predicted molar refractivity (Wildman–Crippen MR) is 79.7 cm³/mol. The first-order valence-corrected chi connectivity index (χ1v) is 7.25. The quantitative estimate of drug-likeness (QED) is 0.501. The summed E-state index contributed by atoms with van der Waals surface area (Å²) in [6.45, 7) is 2.22. The van der Waals surface area contributed by atoms with Crippen LogP contribution in [0.15, 0.2) is 18.2 Å². The molecular formula is C15H20N2O4. The molecule has 0 heterocycles. The summed E-state index contributed by atoms with van der Waals surface area (Å²) in [6, 6.07) is 4.01. The largest absolute Gasteiger partial charge is 0.478 e. The van der Waals surface area contributed by atoms with Gasteiger partial charge in [0.2, 0.25) is 0 Å². The highest BCUT2D eigenvalue weighted by molar-refractivity contribution is 5.94. The number of benzene rings is 1. The van der Waals surface area contributed by atoms with Crippen molar-refractivity contribution in [3.8, 4) is 0 Å². The van der Waals surface area contributed by atoms with E-state index in [2.05, 4.69) is 12.2 Å². The number of aromatic carboxylic acids is 1. The SMILES string of the molecule is CC1CCCC(Nc2cc([N+](=O)[O-])ccc2C(=O)O)CC1. The topological polar surface area (TPSA) is 92.5 Å². The molecule has 2 N–H and O–H groups in total. The van der Waals surface area contributed by atoms with Gasteiger partial charge in [-0.1, -0.05) is 19.8 Å². The van der Waals surface area contributed by atoms with Crippen LogP contribution in [0.1, 0.15) is 49.4 Å². The number of hydrogen-bond acceptors (Lipinski definition) is 4. The first-order chi connectivity index (χ1) is 9.97. The van der Waals surface area contributed by atoms with Gasteiger partial charge >= 0.3 is 5.97 Å². The molecule has 1 fully saturated rings. The summed E-state index contributed by atoms with van der Waals surface area (Å²) in [7, 11) is 0. The molecule has 0 bridgehead atoms. The number of nitro groups is 1. The maximum atomic E-state index is 11.3. The molecule has 1 aliphatic rings. The van der Waals surface area contributed by atoms with Crippen molar-refractivity contribution in [3.63, 3.8) is 0 Å². The van der Waals surface area contributed by atoms with Crippen molar-refractivity contribution < 1.29 is 14.8 Å². The van der Waals surface area contributed by atoms with Crippen molar-refractivity contribution >= 4 is 17.3 Å². The van der Waals surface area contributed by atoms with Crippen molar-refractivity contribution in [1.29, 1.82) is 0 Å². The number of carboxylic acid groups (broad SMARTS) is 1. The van der Waals surface area contributed by atoms with E-state index in [1.54, 1.807) is 0 Å². The Morgan fingerprint density at radius 1 is 1.33 bits per heavy atom. The van der Waals surface area contributed by atoms with Gasteiger partial charge in [0.25, 0.3) is 5.69 Å². The van der Waals surface area contributed by atoms with Gasteiger partial charge in [0.05, 0.1) is 16.2 Å². The number of anilines is 1. The average Bonchev–Trinajstić information content (AvgIpc) is 2.63. The molecule has 0 aliphatic heterocycles. The van der Waals surface area contributed by atoms with E-state index in [-0.39, 0.29) is 17.3 Å². The Bertz CT molecular complexity index is 544. The van der Waals surface area contributed by atoms with Crippen LogP contribution in [0.25, 0.3) is 0 Å². The minimum absolute atomic E-state index is 0.0814. The highest BCUT2D eigenvalue weighted by atomic mass is 16.6. The van der Waals surface area contributed by atoms with Crippen LogP contribution in [-0.2, 0) is 0 Å². The van der Waals surface area contributed by atoms with Gasteiger partial charge in [-0.05, 0) is 31.2 Å². The average molecular weight is 292 g/mol. The van der Waals surface area contributed by atoms with Gasteiger partial charge < -0.3 is 10.4 Å². The van der Waals surface area contributed by atoms with Crippen LogP contribution in [-0.4, -0.2) is 22.0 Å². The zero-order valence-electron chi connectivity index (χ0n) is 12.0. The van der Waals surface area contributed by atoms with Crippen molar-refractivity contribution in [1.82, 2.24) is 0 Å². The van der Waals surface area contributed by atoms with Gasteiger partial charge in [0, 0.05) is 18.2 Å². The molecule has 0 aromatic heterocycles. The third-order valence-corrected chi connectivity index (χ3v) is 4.06. The number of carbonyl (C=O) groups is 1. The van der Waals surface area contributed by atoms with Crippen molar-refractivity contribution in [2.45, 2.75) is 45.1 Å². The summed E-state index contributed by atoms with van der Waals surface area (Å²) in [5, 5.41) is 23.3. The van der Waals surface area contributed by atoms with E-state index >= 15 is 0 Å². The van der Waals surface area contributed by atoms with Crippen LogP contribution in [0.5, 0.6) is 0 Å². The summed E-state index contributed by atoms with van der Waals surface area (Å²) in [5.74, 6) is -0.393. The lowest BCUT2D eigenvalue weighted by atomic mass is 10.0. The normalized spacial score (nSPS) is 22.3. The lowest BCUT2D eigenvalue weighted by Gasteiger charge is -2.19. The first-order valence-electron chi connectivity index (χ1n) is 7.25. The maximum absolute atomic E-state index is 11.3. The summed E-state index contributed by atoms with van der Waals surface area (Å²) in [6.07, 6.45) is 5.29. The molecule has 0 radical (unpaired) electrons. The Labute approximate surface area is 123 Å². The minimum Gasteiger partial charge on any atom is -0.478 e. The van der Waals surface area contributed by atoms with E-state index in [0.29, 0.717) is 11.6 Å². The van der Waals surface area contributed by atoms with E-state index in [9.17, 15) is 20.0 Å². The molecule has 0 spiro atoms. The summed E-state index contributed by atoms with van der Waals surface area (Å²) >= 11 is 0.